The van der Waals surface area contributed by atoms with Crippen LogP contribution in [-0.4, -0.2) is 60.0 Å². The van der Waals surface area contributed by atoms with Crippen molar-refractivity contribution in [2.45, 2.75) is 72.1 Å². The highest BCUT2D eigenvalue weighted by Gasteiger charge is 2.24. The van der Waals surface area contributed by atoms with Crippen LogP contribution < -0.4 is 19.9 Å². The molecule has 0 radical (unpaired) electrons. The number of amides is 1. The van der Waals surface area contributed by atoms with E-state index in [2.05, 4.69) is 59.0 Å². The van der Waals surface area contributed by atoms with Crippen molar-refractivity contribution in [3.8, 4) is 34.4 Å². The zero-order valence-electron chi connectivity index (χ0n) is 30.9. The molecular formula is C43H50ClN5O4. The molecule has 1 aromatic heterocycles. The van der Waals surface area contributed by atoms with Crippen molar-refractivity contribution in [2.75, 3.05) is 39.3 Å². The minimum absolute atomic E-state index is 0.0466. The number of pyridine rings is 1. The number of nitrogens with zero attached hydrogens (tertiary/aromatic N) is 4. The molecule has 3 aromatic carbocycles. The lowest BCUT2D eigenvalue weighted by atomic mass is 9.93. The summed E-state index contributed by atoms with van der Waals surface area (Å²) in [5.74, 6) is 1.89. The molecule has 2 aliphatic rings. The first-order valence-corrected chi connectivity index (χ1v) is 19.1. The van der Waals surface area contributed by atoms with Crippen LogP contribution >= 0.6 is 11.6 Å². The predicted octanol–water partition coefficient (Wildman–Crippen LogP) is 8.00. The van der Waals surface area contributed by atoms with Gasteiger partial charge in [-0.25, -0.2) is 0 Å². The Kier molecular flexibility index (Phi) is 13.2. The maximum atomic E-state index is 11.7. The van der Waals surface area contributed by atoms with Gasteiger partial charge in [0.2, 0.25) is 5.91 Å². The zero-order chi connectivity index (χ0) is 37.2. The number of aromatic nitrogens is 1. The van der Waals surface area contributed by atoms with Crippen molar-refractivity contribution in [1.29, 1.82) is 5.26 Å². The summed E-state index contributed by atoms with van der Waals surface area (Å²) in [4.78, 5) is 20.6. The van der Waals surface area contributed by atoms with Gasteiger partial charge >= 0.3 is 0 Å². The van der Waals surface area contributed by atoms with Crippen LogP contribution in [0.5, 0.6) is 17.2 Å². The second-order valence-electron chi connectivity index (χ2n) is 14.3. The van der Waals surface area contributed by atoms with Crippen molar-refractivity contribution in [2.24, 2.45) is 11.7 Å². The fourth-order valence-corrected chi connectivity index (χ4v) is 7.64. The van der Waals surface area contributed by atoms with Gasteiger partial charge in [0.05, 0.1) is 23.1 Å². The lowest BCUT2D eigenvalue weighted by Crippen LogP contribution is -2.41. The number of piperidine rings is 2. The van der Waals surface area contributed by atoms with E-state index >= 15 is 0 Å². The van der Waals surface area contributed by atoms with Gasteiger partial charge < -0.3 is 24.8 Å². The summed E-state index contributed by atoms with van der Waals surface area (Å²) in [5.41, 5.74) is 13.4. The fourth-order valence-electron chi connectivity index (χ4n) is 7.40. The molecule has 53 heavy (non-hydrogen) atoms. The van der Waals surface area contributed by atoms with E-state index in [4.69, 9.17) is 31.5 Å². The molecule has 6 rings (SSSR count). The number of hydrogen-bond acceptors (Lipinski definition) is 8. The molecule has 0 bridgehead atoms. The molecule has 0 saturated carbocycles. The van der Waals surface area contributed by atoms with Gasteiger partial charge in [-0.15, -0.1) is 0 Å². The largest absolute Gasteiger partial charge is 0.493 e. The Bertz CT molecular complexity index is 1920. The number of rotatable bonds is 15. The number of nitriles is 1. The summed E-state index contributed by atoms with van der Waals surface area (Å²) in [5, 5.41) is 9.87. The van der Waals surface area contributed by atoms with Gasteiger partial charge in [-0.2, -0.15) is 5.26 Å². The van der Waals surface area contributed by atoms with E-state index in [0.717, 1.165) is 103 Å². The topological polar surface area (TPSA) is 114 Å². The van der Waals surface area contributed by atoms with Crippen LogP contribution in [0, 0.1) is 31.1 Å². The standard InChI is InChI=1S/C43H50ClN5O4/c1-30-35(10-6-12-37(30)38-13-7-14-40(31(38)2)51-19-9-18-49-17-8-11-34(26-49)43(46)50)29-53-42-22-41(52-28-33-20-32(23-45)24-47-25-33)36(21-39(42)44)27-48-15-4-3-5-16-48/h6-7,10,12-14,20-22,24-25,34H,3-5,8-9,11,15-19,26-29H2,1-2H3,(H2,46,50). The summed E-state index contributed by atoms with van der Waals surface area (Å²) in [6.07, 6.45) is 9.67. The average molecular weight is 736 g/mol. The van der Waals surface area contributed by atoms with E-state index in [-0.39, 0.29) is 18.4 Å². The number of nitrogens with two attached hydrogens (primary N) is 1. The Morgan fingerprint density at radius 3 is 2.42 bits per heavy atom. The van der Waals surface area contributed by atoms with Crippen LogP contribution in [0.1, 0.15) is 71.9 Å². The van der Waals surface area contributed by atoms with Crippen molar-refractivity contribution in [1.82, 2.24) is 14.8 Å². The van der Waals surface area contributed by atoms with Gasteiger partial charge in [-0.3, -0.25) is 14.7 Å². The van der Waals surface area contributed by atoms with E-state index in [1.807, 2.05) is 24.3 Å². The second kappa shape index (κ2) is 18.4. The van der Waals surface area contributed by atoms with Gasteiger partial charge in [0.1, 0.15) is 36.5 Å². The lowest BCUT2D eigenvalue weighted by molar-refractivity contribution is -0.123. The molecule has 9 nitrogen and oxygen atoms in total. The van der Waals surface area contributed by atoms with Crippen molar-refractivity contribution in [3.63, 3.8) is 0 Å². The quantitative estimate of drug-likeness (QED) is 0.122. The predicted molar refractivity (Wildman–Crippen MR) is 208 cm³/mol. The van der Waals surface area contributed by atoms with Gasteiger partial charge in [-0.1, -0.05) is 48.4 Å². The van der Waals surface area contributed by atoms with Crippen LogP contribution in [0.3, 0.4) is 0 Å². The number of ether oxygens (including phenoxy) is 3. The summed E-state index contributed by atoms with van der Waals surface area (Å²) in [6.45, 7) is 10.9. The highest BCUT2D eigenvalue weighted by atomic mass is 35.5. The number of likely N-dealkylation sites (tertiary alicyclic amines) is 2. The minimum Gasteiger partial charge on any atom is -0.493 e. The molecule has 1 unspecified atom stereocenters. The molecule has 1 amide bonds. The Hall–Kier alpha value is -4.62. The third-order valence-corrected chi connectivity index (χ3v) is 10.8. The van der Waals surface area contributed by atoms with E-state index in [1.54, 1.807) is 18.5 Å². The maximum Gasteiger partial charge on any atom is 0.221 e. The number of carbonyl (C=O) groups is 1. The normalized spacial score (nSPS) is 16.5. The van der Waals surface area contributed by atoms with Crippen LogP contribution in [0.15, 0.2) is 67.0 Å². The molecule has 2 aliphatic heterocycles. The number of primary amides is 1. The summed E-state index contributed by atoms with van der Waals surface area (Å²) < 4.78 is 19.1. The smallest absolute Gasteiger partial charge is 0.221 e. The number of halogens is 1. The molecule has 0 spiro atoms. The first kappa shape index (κ1) is 38.1. The van der Waals surface area contributed by atoms with E-state index in [0.29, 0.717) is 35.3 Å². The zero-order valence-corrected chi connectivity index (χ0v) is 31.7. The molecule has 2 saturated heterocycles. The summed E-state index contributed by atoms with van der Waals surface area (Å²) in [6, 6.07) is 20.3. The van der Waals surface area contributed by atoms with Crippen molar-refractivity contribution < 1.29 is 19.0 Å². The second-order valence-corrected chi connectivity index (χ2v) is 14.7. The lowest BCUT2D eigenvalue weighted by Gasteiger charge is -2.31. The molecule has 2 N–H and O–H groups in total. The SMILES string of the molecule is Cc1c(COc2cc(OCc3cncc(C#N)c3)c(CN3CCCCC3)cc2Cl)cccc1-c1cccc(OCCCN2CCCC(C(N)=O)C2)c1C. The maximum absolute atomic E-state index is 11.7. The van der Waals surface area contributed by atoms with Gasteiger partial charge in [0.25, 0.3) is 0 Å². The van der Waals surface area contributed by atoms with Gasteiger partial charge in [-0.05, 0) is 112 Å². The van der Waals surface area contributed by atoms with Crippen LogP contribution in [0.4, 0.5) is 0 Å². The number of benzene rings is 3. The Labute approximate surface area is 318 Å². The first-order valence-electron chi connectivity index (χ1n) is 18.8. The number of carbonyl (C=O) groups excluding carboxylic acids is 1. The molecular weight excluding hydrogens is 686 g/mol. The van der Waals surface area contributed by atoms with Crippen LogP contribution in [0.2, 0.25) is 5.02 Å². The average Bonchev–Trinajstić information content (AvgIpc) is 3.17. The van der Waals surface area contributed by atoms with Gasteiger partial charge in [0, 0.05) is 49.2 Å². The van der Waals surface area contributed by atoms with Gasteiger partial charge in [0.15, 0.2) is 0 Å². The molecule has 1 atom stereocenters. The molecule has 10 heteroatoms. The molecule has 278 valence electrons. The monoisotopic (exact) mass is 735 g/mol. The Balaban J connectivity index is 1.13. The molecule has 0 aliphatic carbocycles. The van der Waals surface area contributed by atoms with Crippen molar-refractivity contribution >= 4 is 17.5 Å². The third-order valence-electron chi connectivity index (χ3n) is 10.5. The van der Waals surface area contributed by atoms with Crippen molar-refractivity contribution in [3.05, 3.63) is 105 Å². The van der Waals surface area contributed by atoms with E-state index < -0.39 is 0 Å². The van der Waals surface area contributed by atoms with E-state index in [9.17, 15) is 10.1 Å². The number of hydrogen-bond donors (Lipinski definition) is 1. The Morgan fingerprint density at radius 2 is 1.62 bits per heavy atom. The molecule has 2 fully saturated rings. The molecule has 4 aromatic rings. The van der Waals surface area contributed by atoms with Crippen LogP contribution in [0.25, 0.3) is 11.1 Å². The fraction of sp³-hybridized carbons (Fsp3) is 0.419. The summed E-state index contributed by atoms with van der Waals surface area (Å²) in [7, 11) is 0. The van der Waals surface area contributed by atoms with E-state index in [1.165, 1.54) is 19.3 Å². The highest BCUT2D eigenvalue weighted by Crippen LogP contribution is 2.37. The Morgan fingerprint density at radius 1 is 0.868 bits per heavy atom. The molecule has 3 heterocycles. The van der Waals surface area contributed by atoms with Crippen LogP contribution in [-0.2, 0) is 24.6 Å². The minimum atomic E-state index is -0.195. The summed E-state index contributed by atoms with van der Waals surface area (Å²) >= 11 is 6.88. The highest BCUT2D eigenvalue weighted by molar-refractivity contribution is 6.32. The third kappa shape index (κ3) is 10.1. The first-order chi connectivity index (χ1) is 25.8.